The van der Waals surface area contributed by atoms with Crippen LogP contribution in [0, 0.1) is 0 Å². The van der Waals surface area contributed by atoms with Gasteiger partial charge in [-0.15, -0.1) is 0 Å². The van der Waals surface area contributed by atoms with Crippen LogP contribution in [0.4, 0.5) is 11.4 Å². The summed E-state index contributed by atoms with van der Waals surface area (Å²) in [4.78, 5) is 25.7. The summed E-state index contributed by atoms with van der Waals surface area (Å²) >= 11 is 6.54. The van der Waals surface area contributed by atoms with Gasteiger partial charge in [0, 0.05) is 37.0 Å². The highest BCUT2D eigenvalue weighted by Gasteiger charge is 2.15. The fourth-order valence-electron chi connectivity index (χ4n) is 3.72. The number of hydrogen-bond acceptors (Lipinski definition) is 6. The molecule has 1 saturated heterocycles. The van der Waals surface area contributed by atoms with Gasteiger partial charge in [0.15, 0.2) is 5.65 Å². The third kappa shape index (κ3) is 4.76. The molecule has 2 N–H and O–H groups in total. The molecule has 168 valence electrons. The first-order valence-electron chi connectivity index (χ1n) is 10.6. The Morgan fingerprint density at radius 2 is 1.82 bits per heavy atom. The number of rotatable bonds is 5. The Hall–Kier alpha value is -3.62. The quantitative estimate of drug-likeness (QED) is 0.439. The highest BCUT2D eigenvalue weighted by Crippen LogP contribution is 2.31. The standard InChI is InChI=1S/C24H22ClN5O3/c1-15(31)26-17-4-8-19(9-5-17)33-24-27-21-14-20(25)22(28-23(21)29-24)16-2-6-18(7-3-16)30-10-12-32-13-11-30/h2-9,14H,10-13H2,1H3,(H,26,31)(H,27,28,29). The molecule has 1 aliphatic rings. The highest BCUT2D eigenvalue weighted by molar-refractivity contribution is 6.33. The van der Waals surface area contributed by atoms with Crippen LogP contribution in [0.2, 0.25) is 5.02 Å². The molecule has 9 heteroatoms. The zero-order valence-corrected chi connectivity index (χ0v) is 18.7. The van der Waals surface area contributed by atoms with Crippen LogP contribution in [0.3, 0.4) is 0 Å². The number of aromatic amines is 1. The summed E-state index contributed by atoms with van der Waals surface area (Å²) in [5.74, 6) is 0.448. The number of fused-ring (bicyclic) bond motifs is 1. The number of carbonyl (C=O) groups excluding carboxylic acids is 1. The number of nitrogens with one attached hydrogen (secondary N) is 2. The van der Waals surface area contributed by atoms with Crippen molar-refractivity contribution in [2.24, 2.45) is 0 Å². The number of halogens is 1. The molecule has 0 atom stereocenters. The number of anilines is 2. The molecule has 0 spiro atoms. The molecule has 4 aromatic rings. The van der Waals surface area contributed by atoms with Gasteiger partial charge in [-0.1, -0.05) is 23.7 Å². The van der Waals surface area contributed by atoms with Crippen LogP contribution in [0.5, 0.6) is 11.8 Å². The Kier molecular flexibility index (Phi) is 5.85. The minimum atomic E-state index is -0.129. The fraction of sp³-hybridized carbons (Fsp3) is 0.208. The molecular weight excluding hydrogens is 442 g/mol. The third-order valence-electron chi connectivity index (χ3n) is 5.31. The Bertz CT molecular complexity index is 1280. The van der Waals surface area contributed by atoms with Gasteiger partial charge < -0.3 is 24.7 Å². The highest BCUT2D eigenvalue weighted by atomic mass is 35.5. The van der Waals surface area contributed by atoms with Crippen molar-refractivity contribution < 1.29 is 14.3 Å². The molecule has 0 unspecified atom stereocenters. The van der Waals surface area contributed by atoms with Crippen LogP contribution in [-0.2, 0) is 9.53 Å². The van der Waals surface area contributed by atoms with Crippen molar-refractivity contribution in [1.82, 2.24) is 15.0 Å². The molecule has 1 fully saturated rings. The molecule has 2 aromatic carbocycles. The molecule has 0 saturated carbocycles. The van der Waals surface area contributed by atoms with E-state index in [2.05, 4.69) is 37.3 Å². The van der Waals surface area contributed by atoms with Crippen LogP contribution in [0.15, 0.2) is 54.6 Å². The van der Waals surface area contributed by atoms with E-state index in [4.69, 9.17) is 21.1 Å². The number of aromatic nitrogens is 3. The molecule has 0 bridgehead atoms. The van der Waals surface area contributed by atoms with Crippen molar-refractivity contribution in [2.45, 2.75) is 6.92 Å². The molecule has 1 amide bonds. The number of imidazole rings is 1. The summed E-state index contributed by atoms with van der Waals surface area (Å²) in [6.07, 6.45) is 0. The minimum Gasteiger partial charge on any atom is -0.426 e. The van der Waals surface area contributed by atoms with Crippen LogP contribution < -0.4 is 15.0 Å². The smallest absolute Gasteiger partial charge is 0.301 e. The first-order valence-corrected chi connectivity index (χ1v) is 11.0. The predicted molar refractivity (Wildman–Crippen MR) is 128 cm³/mol. The van der Waals surface area contributed by atoms with Crippen molar-refractivity contribution in [3.63, 3.8) is 0 Å². The summed E-state index contributed by atoms with van der Waals surface area (Å²) in [5.41, 5.74) is 4.61. The zero-order valence-electron chi connectivity index (χ0n) is 18.0. The van der Waals surface area contributed by atoms with Crippen molar-refractivity contribution in [2.75, 3.05) is 36.5 Å². The number of morpholine rings is 1. The molecule has 8 nitrogen and oxygen atoms in total. The van der Waals surface area contributed by atoms with E-state index in [-0.39, 0.29) is 5.91 Å². The second-order valence-electron chi connectivity index (χ2n) is 7.69. The molecule has 2 aromatic heterocycles. The van der Waals surface area contributed by atoms with E-state index in [1.165, 1.54) is 6.92 Å². The minimum absolute atomic E-state index is 0.129. The number of ether oxygens (including phenoxy) is 2. The van der Waals surface area contributed by atoms with Gasteiger partial charge in [0.1, 0.15) is 5.75 Å². The first-order chi connectivity index (χ1) is 16.0. The van der Waals surface area contributed by atoms with E-state index in [9.17, 15) is 4.79 Å². The van der Waals surface area contributed by atoms with Crippen LogP contribution in [0.1, 0.15) is 6.92 Å². The number of nitrogens with zero attached hydrogens (tertiary/aromatic N) is 3. The molecule has 0 radical (unpaired) electrons. The van der Waals surface area contributed by atoms with Gasteiger partial charge in [-0.05, 0) is 42.5 Å². The zero-order chi connectivity index (χ0) is 22.8. The number of carbonyl (C=O) groups is 1. The monoisotopic (exact) mass is 463 g/mol. The van der Waals surface area contributed by atoms with Crippen molar-refractivity contribution >= 4 is 40.0 Å². The first kappa shape index (κ1) is 21.2. The van der Waals surface area contributed by atoms with Gasteiger partial charge in [-0.2, -0.15) is 4.98 Å². The summed E-state index contributed by atoms with van der Waals surface area (Å²) in [7, 11) is 0. The van der Waals surface area contributed by atoms with Crippen molar-refractivity contribution in [1.29, 1.82) is 0 Å². The topological polar surface area (TPSA) is 92.4 Å². The van der Waals surface area contributed by atoms with E-state index in [1.54, 1.807) is 30.3 Å². The summed E-state index contributed by atoms with van der Waals surface area (Å²) in [5, 5.41) is 3.24. The van der Waals surface area contributed by atoms with Gasteiger partial charge in [0.2, 0.25) is 5.91 Å². The van der Waals surface area contributed by atoms with Gasteiger partial charge in [0.25, 0.3) is 0 Å². The van der Waals surface area contributed by atoms with E-state index in [0.717, 1.165) is 37.6 Å². The number of hydrogen-bond donors (Lipinski definition) is 2. The third-order valence-corrected chi connectivity index (χ3v) is 5.60. The summed E-state index contributed by atoms with van der Waals surface area (Å²) in [6, 6.07) is 17.3. The van der Waals surface area contributed by atoms with Gasteiger partial charge in [0.05, 0.1) is 29.4 Å². The molecule has 5 rings (SSSR count). The SMILES string of the molecule is CC(=O)Nc1ccc(Oc2nc3nc(-c4ccc(N5CCOCC5)cc4)c(Cl)cc3[nH]2)cc1. The number of H-pyrrole nitrogens is 1. The number of pyridine rings is 1. The van der Waals surface area contributed by atoms with Gasteiger partial charge in [-0.3, -0.25) is 4.79 Å². The second-order valence-corrected chi connectivity index (χ2v) is 8.09. The van der Waals surface area contributed by atoms with E-state index in [1.807, 2.05) is 12.1 Å². The summed E-state index contributed by atoms with van der Waals surface area (Å²) in [6.45, 7) is 4.72. The van der Waals surface area contributed by atoms with Crippen LogP contribution in [0.25, 0.3) is 22.4 Å². The van der Waals surface area contributed by atoms with Gasteiger partial charge >= 0.3 is 6.01 Å². The lowest BCUT2D eigenvalue weighted by atomic mass is 10.1. The molecule has 1 aliphatic heterocycles. The Morgan fingerprint density at radius 3 is 2.52 bits per heavy atom. The average Bonchev–Trinajstić information content (AvgIpc) is 3.21. The molecule has 33 heavy (non-hydrogen) atoms. The Morgan fingerprint density at radius 1 is 1.09 bits per heavy atom. The largest absolute Gasteiger partial charge is 0.426 e. The molecule has 3 heterocycles. The predicted octanol–water partition coefficient (Wildman–Crippen LogP) is 4.87. The summed E-state index contributed by atoms with van der Waals surface area (Å²) < 4.78 is 11.2. The Balaban J connectivity index is 1.36. The number of benzene rings is 2. The van der Waals surface area contributed by atoms with Crippen molar-refractivity contribution in [3.8, 4) is 23.0 Å². The maximum absolute atomic E-state index is 11.2. The van der Waals surface area contributed by atoms with Crippen LogP contribution >= 0.6 is 11.6 Å². The number of amides is 1. The van der Waals surface area contributed by atoms with E-state index >= 15 is 0 Å². The normalized spacial score (nSPS) is 13.8. The maximum atomic E-state index is 11.2. The van der Waals surface area contributed by atoms with E-state index < -0.39 is 0 Å². The lowest BCUT2D eigenvalue weighted by molar-refractivity contribution is -0.114. The second kappa shape index (κ2) is 9.09. The lowest BCUT2D eigenvalue weighted by Crippen LogP contribution is -2.36. The maximum Gasteiger partial charge on any atom is 0.301 e. The van der Waals surface area contributed by atoms with Crippen molar-refractivity contribution in [3.05, 3.63) is 59.6 Å². The molecule has 0 aliphatic carbocycles. The fourth-order valence-corrected chi connectivity index (χ4v) is 3.98. The lowest BCUT2D eigenvalue weighted by Gasteiger charge is -2.28. The molecular formula is C24H22ClN5O3. The van der Waals surface area contributed by atoms with Crippen LogP contribution in [-0.4, -0.2) is 47.2 Å². The Labute approximate surface area is 195 Å². The van der Waals surface area contributed by atoms with E-state index in [0.29, 0.717) is 39.3 Å². The average molecular weight is 464 g/mol. The van der Waals surface area contributed by atoms with Gasteiger partial charge in [-0.25, -0.2) is 4.98 Å².